The minimum atomic E-state index is 0.393. The van der Waals surface area contributed by atoms with Crippen LogP contribution in [-0.2, 0) is 4.74 Å². The summed E-state index contributed by atoms with van der Waals surface area (Å²) in [6, 6.07) is 0.717. The molecule has 0 aliphatic carbocycles. The minimum Gasteiger partial charge on any atom is -0.379 e. The van der Waals surface area contributed by atoms with Crippen LogP contribution in [0.4, 0.5) is 0 Å². The van der Waals surface area contributed by atoms with E-state index in [4.69, 9.17) is 4.74 Å². The number of hydrogen-bond donors (Lipinski definition) is 0. The molecule has 1 aliphatic heterocycles. The zero-order valence-electron chi connectivity index (χ0n) is 17.1. The van der Waals surface area contributed by atoms with Gasteiger partial charge in [0.15, 0.2) is 0 Å². The number of nitrogens with zero attached hydrogens (tertiary/aromatic N) is 2. The molecule has 1 saturated heterocycles. The lowest BCUT2D eigenvalue weighted by molar-refractivity contribution is 0.0756. The van der Waals surface area contributed by atoms with E-state index in [1.54, 1.807) is 0 Å². The van der Waals surface area contributed by atoms with E-state index in [1.165, 1.54) is 90.5 Å². The highest BCUT2D eigenvalue weighted by Gasteiger charge is 2.17. The first-order valence-corrected chi connectivity index (χ1v) is 10.7. The molecule has 0 saturated carbocycles. The lowest BCUT2D eigenvalue weighted by Gasteiger charge is -2.36. The molecule has 0 unspecified atom stereocenters. The van der Waals surface area contributed by atoms with Crippen molar-refractivity contribution in [3.63, 3.8) is 0 Å². The van der Waals surface area contributed by atoms with E-state index in [1.807, 2.05) is 0 Å². The van der Waals surface area contributed by atoms with Gasteiger partial charge in [-0.3, -0.25) is 4.90 Å². The first kappa shape index (κ1) is 21.9. The molecule has 0 N–H and O–H groups in total. The van der Waals surface area contributed by atoms with Gasteiger partial charge < -0.3 is 9.64 Å². The van der Waals surface area contributed by atoms with Crippen molar-refractivity contribution in [1.82, 2.24) is 9.80 Å². The van der Waals surface area contributed by atoms with E-state index in [-0.39, 0.29) is 0 Å². The molecule has 24 heavy (non-hydrogen) atoms. The summed E-state index contributed by atoms with van der Waals surface area (Å²) in [5.41, 5.74) is 0. The van der Waals surface area contributed by atoms with Crippen LogP contribution < -0.4 is 0 Å². The van der Waals surface area contributed by atoms with Crippen molar-refractivity contribution in [3.8, 4) is 0 Å². The molecule has 3 heteroatoms. The van der Waals surface area contributed by atoms with Gasteiger partial charge in [0.25, 0.3) is 0 Å². The van der Waals surface area contributed by atoms with Gasteiger partial charge in [-0.25, -0.2) is 0 Å². The van der Waals surface area contributed by atoms with Crippen LogP contribution in [0.2, 0.25) is 0 Å². The third kappa shape index (κ3) is 11.4. The van der Waals surface area contributed by atoms with Gasteiger partial charge in [0.05, 0.1) is 6.10 Å². The summed E-state index contributed by atoms with van der Waals surface area (Å²) in [5, 5.41) is 0. The first-order valence-electron chi connectivity index (χ1n) is 10.7. The smallest absolute Gasteiger partial charge is 0.0518 e. The van der Waals surface area contributed by atoms with Crippen LogP contribution >= 0.6 is 0 Å². The zero-order chi connectivity index (χ0) is 17.6. The first-order chi connectivity index (χ1) is 11.6. The topological polar surface area (TPSA) is 15.7 Å². The highest BCUT2D eigenvalue weighted by molar-refractivity contribution is 4.74. The molecule has 1 fully saturated rings. The highest BCUT2D eigenvalue weighted by atomic mass is 16.5. The second-order valence-corrected chi connectivity index (χ2v) is 8.07. The van der Waals surface area contributed by atoms with Crippen molar-refractivity contribution < 1.29 is 4.74 Å². The summed E-state index contributed by atoms with van der Waals surface area (Å²) in [6.07, 6.45) is 12.9. The van der Waals surface area contributed by atoms with E-state index >= 15 is 0 Å². The maximum Gasteiger partial charge on any atom is 0.0518 e. The predicted molar refractivity (Wildman–Crippen MR) is 106 cm³/mol. The quantitative estimate of drug-likeness (QED) is 0.416. The molecule has 0 atom stereocenters. The number of unbranched alkanes of at least 4 members (excludes halogenated alkanes) is 8. The monoisotopic (exact) mass is 340 g/mol. The number of hydrogen-bond acceptors (Lipinski definition) is 3. The molecule has 3 nitrogen and oxygen atoms in total. The number of ether oxygens (including phenoxy) is 1. The van der Waals surface area contributed by atoms with Gasteiger partial charge in [-0.15, -0.1) is 0 Å². The number of rotatable bonds is 14. The largest absolute Gasteiger partial charge is 0.379 e. The summed E-state index contributed by atoms with van der Waals surface area (Å²) >= 11 is 0. The average molecular weight is 341 g/mol. The van der Waals surface area contributed by atoms with Crippen LogP contribution in [0.3, 0.4) is 0 Å². The normalized spacial score (nSPS) is 17.2. The van der Waals surface area contributed by atoms with Gasteiger partial charge >= 0.3 is 0 Å². The molecule has 0 bridgehead atoms. The Morgan fingerprint density at radius 3 is 1.67 bits per heavy atom. The van der Waals surface area contributed by atoms with Gasteiger partial charge in [0.1, 0.15) is 0 Å². The fraction of sp³-hybridized carbons (Fsp3) is 1.00. The Morgan fingerprint density at radius 2 is 1.17 bits per heavy atom. The Bertz CT molecular complexity index is 273. The lowest BCUT2D eigenvalue weighted by Crippen LogP contribution is -2.48. The Morgan fingerprint density at radius 1 is 0.667 bits per heavy atom. The Labute approximate surface area is 152 Å². The molecule has 0 radical (unpaired) electrons. The maximum atomic E-state index is 5.57. The summed E-state index contributed by atoms with van der Waals surface area (Å²) in [4.78, 5) is 5.27. The van der Waals surface area contributed by atoms with Crippen molar-refractivity contribution in [2.45, 2.75) is 97.6 Å². The number of piperazine rings is 1. The second kappa shape index (κ2) is 14.1. The van der Waals surface area contributed by atoms with Gasteiger partial charge in [0.2, 0.25) is 0 Å². The Balaban J connectivity index is 1.78. The third-order valence-corrected chi connectivity index (χ3v) is 5.21. The molecular formula is C21H44N2O. The highest BCUT2D eigenvalue weighted by Crippen LogP contribution is 2.11. The van der Waals surface area contributed by atoms with Crippen LogP contribution in [0.5, 0.6) is 0 Å². The van der Waals surface area contributed by atoms with Crippen molar-refractivity contribution in [2.24, 2.45) is 0 Å². The maximum absolute atomic E-state index is 5.57. The molecule has 1 aliphatic rings. The fourth-order valence-electron chi connectivity index (χ4n) is 3.50. The molecule has 0 aromatic rings. The molecule has 0 aromatic heterocycles. The molecule has 0 aromatic carbocycles. The van der Waals surface area contributed by atoms with Gasteiger partial charge in [-0.05, 0) is 47.1 Å². The van der Waals surface area contributed by atoms with E-state index < -0.39 is 0 Å². The van der Waals surface area contributed by atoms with Crippen molar-refractivity contribution in [3.05, 3.63) is 0 Å². The van der Waals surface area contributed by atoms with E-state index in [9.17, 15) is 0 Å². The van der Waals surface area contributed by atoms with Crippen LogP contribution in [0.25, 0.3) is 0 Å². The Hall–Kier alpha value is -0.120. The summed E-state index contributed by atoms with van der Waals surface area (Å²) in [5.74, 6) is 0. The Kier molecular flexibility index (Phi) is 12.9. The lowest BCUT2D eigenvalue weighted by atomic mass is 10.1. The van der Waals surface area contributed by atoms with Crippen LogP contribution in [0.15, 0.2) is 0 Å². The molecule has 0 spiro atoms. The fourth-order valence-corrected chi connectivity index (χ4v) is 3.50. The summed E-state index contributed by atoms with van der Waals surface area (Å²) < 4.78 is 5.57. The van der Waals surface area contributed by atoms with Crippen molar-refractivity contribution in [1.29, 1.82) is 0 Å². The molecule has 0 amide bonds. The van der Waals surface area contributed by atoms with E-state index in [0.29, 0.717) is 6.10 Å². The summed E-state index contributed by atoms with van der Waals surface area (Å²) in [6.45, 7) is 16.2. The minimum absolute atomic E-state index is 0.393. The van der Waals surface area contributed by atoms with Crippen molar-refractivity contribution >= 4 is 0 Å². The zero-order valence-corrected chi connectivity index (χ0v) is 17.1. The van der Waals surface area contributed by atoms with Gasteiger partial charge in [-0.2, -0.15) is 0 Å². The van der Waals surface area contributed by atoms with E-state index in [0.717, 1.165) is 12.6 Å². The van der Waals surface area contributed by atoms with Crippen molar-refractivity contribution in [2.75, 3.05) is 39.3 Å². The standard InChI is InChI=1S/C21H44N2O/c1-20(2)23-17-15-22(16-18-23)14-12-10-8-6-5-7-9-11-13-19-24-21(3)4/h20-21H,5-19H2,1-4H3. The molecule has 144 valence electrons. The SMILES string of the molecule is CC(C)OCCCCCCCCCCCN1CCN(C(C)C)CC1. The molecule has 1 heterocycles. The van der Waals surface area contributed by atoms with Gasteiger partial charge in [-0.1, -0.05) is 44.9 Å². The van der Waals surface area contributed by atoms with Gasteiger partial charge in [0, 0.05) is 38.8 Å². The van der Waals surface area contributed by atoms with Crippen LogP contribution in [-0.4, -0.2) is 61.3 Å². The second-order valence-electron chi connectivity index (χ2n) is 8.07. The molecule has 1 rings (SSSR count). The average Bonchev–Trinajstić information content (AvgIpc) is 2.56. The third-order valence-electron chi connectivity index (χ3n) is 5.21. The summed E-state index contributed by atoms with van der Waals surface area (Å²) in [7, 11) is 0. The van der Waals surface area contributed by atoms with E-state index in [2.05, 4.69) is 37.5 Å². The molecular weight excluding hydrogens is 296 g/mol. The van der Waals surface area contributed by atoms with Crippen LogP contribution in [0, 0.1) is 0 Å². The van der Waals surface area contributed by atoms with Crippen LogP contribution in [0.1, 0.15) is 85.5 Å². The predicted octanol–water partition coefficient (Wildman–Crippen LogP) is 4.95.